The molecule has 128 valence electrons. The van der Waals surface area contributed by atoms with Gasteiger partial charge in [0.25, 0.3) is 0 Å². The maximum absolute atomic E-state index is 13.1. The van der Waals surface area contributed by atoms with Gasteiger partial charge in [-0.1, -0.05) is 18.2 Å². The van der Waals surface area contributed by atoms with Crippen LogP contribution in [0.1, 0.15) is 29.3 Å². The molecule has 0 aliphatic heterocycles. The van der Waals surface area contributed by atoms with E-state index in [1.165, 1.54) is 12.1 Å². The fourth-order valence-corrected chi connectivity index (χ4v) is 2.89. The Morgan fingerprint density at radius 2 is 2.17 bits per heavy atom. The van der Waals surface area contributed by atoms with Crippen LogP contribution in [0.15, 0.2) is 24.3 Å². The van der Waals surface area contributed by atoms with Crippen LogP contribution in [0.25, 0.3) is 0 Å². The monoisotopic (exact) mass is 356 g/mol. The van der Waals surface area contributed by atoms with Gasteiger partial charge in [0.05, 0.1) is 12.1 Å². The van der Waals surface area contributed by atoms with E-state index >= 15 is 0 Å². The Bertz CT molecular complexity index is 827. The lowest BCUT2D eigenvalue weighted by molar-refractivity contribution is -0.138. The lowest BCUT2D eigenvalue weighted by Crippen LogP contribution is -2.26. The van der Waals surface area contributed by atoms with Crippen molar-refractivity contribution in [1.82, 2.24) is 20.1 Å². The van der Waals surface area contributed by atoms with Crippen LogP contribution in [0.4, 0.5) is 13.2 Å². The number of aromatic amines is 1. The molecular weight excluding hydrogens is 341 g/mol. The van der Waals surface area contributed by atoms with Crippen LogP contribution in [0, 0.1) is 10.7 Å². The minimum Gasteiger partial charge on any atom is -0.349 e. The van der Waals surface area contributed by atoms with Crippen molar-refractivity contribution in [3.8, 4) is 0 Å². The van der Waals surface area contributed by atoms with Gasteiger partial charge in [-0.05, 0) is 36.2 Å². The molecule has 2 unspecified atom stereocenters. The highest BCUT2D eigenvalue weighted by Crippen LogP contribution is 2.51. The van der Waals surface area contributed by atoms with E-state index < -0.39 is 23.6 Å². The molecule has 1 amide bonds. The highest BCUT2D eigenvalue weighted by Gasteiger charge is 2.47. The number of rotatable bonds is 4. The Kier molecular flexibility index (Phi) is 4.20. The number of alkyl halides is 3. The molecule has 1 heterocycles. The number of amides is 1. The van der Waals surface area contributed by atoms with Crippen molar-refractivity contribution in [2.75, 3.05) is 0 Å². The van der Waals surface area contributed by atoms with Gasteiger partial charge in [-0.15, -0.1) is 0 Å². The fourth-order valence-electron chi connectivity index (χ4n) is 2.74. The molecule has 24 heavy (non-hydrogen) atoms. The summed E-state index contributed by atoms with van der Waals surface area (Å²) in [6, 6.07) is 5.41. The standard InChI is InChI=1S/C15H15F3N4OS/c1-22-12(20-21-14(22)24)7-19-13(23)10-6-9(10)8-4-2-3-5-11(8)15(16,17)18/h2-5,9-10H,6-7H2,1H3,(H,19,23)(H,21,24). The molecule has 1 saturated carbocycles. The first-order valence-electron chi connectivity index (χ1n) is 7.33. The Labute approximate surface area is 140 Å². The number of hydrogen-bond acceptors (Lipinski definition) is 3. The van der Waals surface area contributed by atoms with E-state index in [1.807, 2.05) is 0 Å². The number of nitrogens with one attached hydrogen (secondary N) is 2. The van der Waals surface area contributed by atoms with Crippen LogP contribution in [-0.2, 0) is 24.6 Å². The van der Waals surface area contributed by atoms with Crippen molar-refractivity contribution in [2.24, 2.45) is 13.0 Å². The average molecular weight is 356 g/mol. The van der Waals surface area contributed by atoms with Gasteiger partial charge in [0.2, 0.25) is 5.91 Å². The van der Waals surface area contributed by atoms with Crippen molar-refractivity contribution >= 4 is 18.1 Å². The van der Waals surface area contributed by atoms with Crippen LogP contribution in [0.2, 0.25) is 0 Å². The molecule has 1 aliphatic rings. The van der Waals surface area contributed by atoms with E-state index in [2.05, 4.69) is 15.5 Å². The number of halogens is 3. The largest absolute Gasteiger partial charge is 0.416 e. The summed E-state index contributed by atoms with van der Waals surface area (Å²) < 4.78 is 41.2. The number of aromatic nitrogens is 3. The minimum absolute atomic E-state index is 0.173. The molecule has 2 N–H and O–H groups in total. The summed E-state index contributed by atoms with van der Waals surface area (Å²) in [5.74, 6) is -0.557. The van der Waals surface area contributed by atoms with Gasteiger partial charge in [0, 0.05) is 13.0 Å². The molecule has 2 aromatic rings. The van der Waals surface area contributed by atoms with Crippen LogP contribution in [0.3, 0.4) is 0 Å². The van der Waals surface area contributed by atoms with E-state index in [4.69, 9.17) is 12.2 Å². The normalized spacial score (nSPS) is 20.0. The summed E-state index contributed by atoms with van der Waals surface area (Å²) in [5, 5.41) is 9.28. The maximum atomic E-state index is 13.1. The van der Waals surface area contributed by atoms with Gasteiger partial charge in [0.1, 0.15) is 0 Å². The number of H-pyrrole nitrogens is 1. The predicted molar refractivity (Wildman–Crippen MR) is 82.5 cm³/mol. The molecule has 0 radical (unpaired) electrons. The van der Waals surface area contributed by atoms with E-state index in [0.717, 1.165) is 6.07 Å². The number of nitrogens with zero attached hydrogens (tertiary/aromatic N) is 2. The summed E-state index contributed by atoms with van der Waals surface area (Å²) in [4.78, 5) is 12.2. The highest BCUT2D eigenvalue weighted by molar-refractivity contribution is 7.71. The second kappa shape index (κ2) is 6.04. The zero-order valence-electron chi connectivity index (χ0n) is 12.7. The van der Waals surface area contributed by atoms with Gasteiger partial charge in [0.15, 0.2) is 10.6 Å². The third kappa shape index (κ3) is 3.21. The van der Waals surface area contributed by atoms with Gasteiger partial charge in [-0.3, -0.25) is 9.89 Å². The highest BCUT2D eigenvalue weighted by atomic mass is 32.1. The summed E-state index contributed by atoms with van der Waals surface area (Å²) in [5.41, 5.74) is -0.483. The number of carbonyl (C=O) groups is 1. The average Bonchev–Trinajstić information content (AvgIpc) is 3.27. The Morgan fingerprint density at radius 1 is 1.46 bits per heavy atom. The molecule has 0 bridgehead atoms. The lowest BCUT2D eigenvalue weighted by atomic mass is 10.0. The molecule has 1 aliphatic carbocycles. The SMILES string of the molecule is Cn1c(CNC(=O)C2CC2c2ccccc2C(F)(F)F)n[nH]c1=S. The Morgan fingerprint density at radius 3 is 2.79 bits per heavy atom. The summed E-state index contributed by atoms with van der Waals surface area (Å²) in [6.07, 6.45) is -4.00. The van der Waals surface area contributed by atoms with E-state index in [-0.39, 0.29) is 18.0 Å². The Hall–Kier alpha value is -2.16. The summed E-state index contributed by atoms with van der Waals surface area (Å²) in [6.45, 7) is 0.173. The van der Waals surface area contributed by atoms with Crippen molar-refractivity contribution in [2.45, 2.75) is 25.1 Å². The van der Waals surface area contributed by atoms with Crippen molar-refractivity contribution in [1.29, 1.82) is 0 Å². The van der Waals surface area contributed by atoms with Crippen LogP contribution in [0.5, 0.6) is 0 Å². The third-order valence-corrected chi connectivity index (χ3v) is 4.55. The second-order valence-corrected chi connectivity index (χ2v) is 6.14. The smallest absolute Gasteiger partial charge is 0.349 e. The molecular formula is C15H15F3N4OS. The number of carbonyl (C=O) groups excluding carboxylic acids is 1. The summed E-state index contributed by atoms with van der Waals surface area (Å²) >= 11 is 4.98. The number of hydrogen-bond donors (Lipinski definition) is 2. The van der Waals surface area contributed by atoms with Crippen molar-refractivity contribution < 1.29 is 18.0 Å². The zero-order chi connectivity index (χ0) is 17.5. The van der Waals surface area contributed by atoms with Crippen molar-refractivity contribution in [3.63, 3.8) is 0 Å². The molecule has 3 rings (SSSR count). The molecule has 2 atom stereocenters. The van der Waals surface area contributed by atoms with Crippen LogP contribution < -0.4 is 5.32 Å². The van der Waals surface area contributed by atoms with Gasteiger partial charge in [-0.25, -0.2) is 0 Å². The molecule has 0 spiro atoms. The predicted octanol–water partition coefficient (Wildman–Crippen LogP) is 2.92. The maximum Gasteiger partial charge on any atom is 0.416 e. The molecule has 1 aromatic heterocycles. The van der Waals surface area contributed by atoms with Crippen LogP contribution >= 0.6 is 12.2 Å². The molecule has 1 fully saturated rings. The first-order valence-corrected chi connectivity index (χ1v) is 7.74. The molecule has 5 nitrogen and oxygen atoms in total. The topological polar surface area (TPSA) is 62.7 Å². The quantitative estimate of drug-likeness (QED) is 0.828. The fraction of sp³-hybridized carbons (Fsp3) is 0.400. The first kappa shape index (κ1) is 16.7. The van der Waals surface area contributed by atoms with Crippen LogP contribution in [-0.4, -0.2) is 20.7 Å². The van der Waals surface area contributed by atoms with E-state index in [0.29, 0.717) is 17.0 Å². The number of benzene rings is 1. The first-order chi connectivity index (χ1) is 11.3. The molecule has 9 heteroatoms. The van der Waals surface area contributed by atoms with Gasteiger partial charge >= 0.3 is 6.18 Å². The van der Waals surface area contributed by atoms with Gasteiger partial charge in [-0.2, -0.15) is 18.3 Å². The van der Waals surface area contributed by atoms with Gasteiger partial charge < -0.3 is 9.88 Å². The van der Waals surface area contributed by atoms with E-state index in [1.54, 1.807) is 17.7 Å². The lowest BCUT2D eigenvalue weighted by Gasteiger charge is -2.12. The van der Waals surface area contributed by atoms with Crippen molar-refractivity contribution in [3.05, 3.63) is 46.0 Å². The molecule has 1 aromatic carbocycles. The summed E-state index contributed by atoms with van der Waals surface area (Å²) in [7, 11) is 1.72. The zero-order valence-corrected chi connectivity index (χ0v) is 13.5. The second-order valence-electron chi connectivity index (χ2n) is 5.76. The molecule has 0 saturated heterocycles. The van der Waals surface area contributed by atoms with E-state index in [9.17, 15) is 18.0 Å². The Balaban J connectivity index is 1.66. The third-order valence-electron chi connectivity index (χ3n) is 4.19. The minimum atomic E-state index is -4.41.